The minimum absolute atomic E-state index is 0.544. The van der Waals surface area contributed by atoms with Gasteiger partial charge in [-0.15, -0.1) is 0 Å². The van der Waals surface area contributed by atoms with Crippen LogP contribution in [0.5, 0.6) is 0 Å². The third kappa shape index (κ3) is 3.32. The lowest BCUT2D eigenvalue weighted by Crippen LogP contribution is -2.37. The fourth-order valence-corrected chi connectivity index (χ4v) is 1.90. The molecule has 0 bridgehead atoms. The van der Waals surface area contributed by atoms with E-state index in [0.29, 0.717) is 6.04 Å². The van der Waals surface area contributed by atoms with E-state index in [1.54, 1.807) is 0 Å². The summed E-state index contributed by atoms with van der Waals surface area (Å²) in [5.41, 5.74) is 1.15. The van der Waals surface area contributed by atoms with Crippen molar-refractivity contribution in [1.82, 2.24) is 15.1 Å². The van der Waals surface area contributed by atoms with Gasteiger partial charge in [-0.1, -0.05) is 0 Å². The quantitative estimate of drug-likeness (QED) is 0.794. The number of nitrogens with one attached hydrogen (secondary N) is 1. The summed E-state index contributed by atoms with van der Waals surface area (Å²) in [4.78, 5) is 0. The highest BCUT2D eigenvalue weighted by Gasteiger charge is 2.12. The van der Waals surface area contributed by atoms with Crippen molar-refractivity contribution >= 4 is 0 Å². The highest BCUT2D eigenvalue weighted by Crippen LogP contribution is 2.05. The van der Waals surface area contributed by atoms with Crippen LogP contribution in [0.2, 0.25) is 0 Å². The van der Waals surface area contributed by atoms with Crippen LogP contribution in [0.1, 0.15) is 18.5 Å². The lowest BCUT2D eigenvalue weighted by Gasteiger charge is -2.22. The van der Waals surface area contributed by atoms with Crippen molar-refractivity contribution in [2.45, 2.75) is 25.3 Å². The van der Waals surface area contributed by atoms with E-state index in [4.69, 9.17) is 4.74 Å². The van der Waals surface area contributed by atoms with E-state index in [-0.39, 0.29) is 0 Å². The largest absolute Gasteiger partial charge is 0.380 e. The average molecular weight is 209 g/mol. The van der Waals surface area contributed by atoms with Gasteiger partial charge in [0.2, 0.25) is 0 Å². The van der Waals surface area contributed by atoms with Crippen LogP contribution in [-0.2, 0) is 18.2 Å². The van der Waals surface area contributed by atoms with E-state index >= 15 is 0 Å². The fourth-order valence-electron chi connectivity index (χ4n) is 1.90. The Morgan fingerprint density at radius 3 is 3.27 bits per heavy atom. The number of rotatable bonds is 4. The third-order valence-electron chi connectivity index (χ3n) is 2.74. The Morgan fingerprint density at radius 1 is 1.67 bits per heavy atom. The van der Waals surface area contributed by atoms with Gasteiger partial charge >= 0.3 is 0 Å². The summed E-state index contributed by atoms with van der Waals surface area (Å²) >= 11 is 0. The molecular weight excluding hydrogens is 190 g/mol. The molecule has 4 heteroatoms. The average Bonchev–Trinajstić information content (AvgIpc) is 2.66. The van der Waals surface area contributed by atoms with Crippen LogP contribution in [0, 0.1) is 0 Å². The number of nitrogens with zero attached hydrogens (tertiary/aromatic N) is 2. The van der Waals surface area contributed by atoms with E-state index in [2.05, 4.69) is 16.5 Å². The van der Waals surface area contributed by atoms with Crippen LogP contribution in [0.15, 0.2) is 12.3 Å². The number of aromatic nitrogens is 2. The van der Waals surface area contributed by atoms with Crippen molar-refractivity contribution in [2.75, 3.05) is 19.8 Å². The highest BCUT2D eigenvalue weighted by molar-refractivity contribution is 4.99. The van der Waals surface area contributed by atoms with Gasteiger partial charge in [-0.25, -0.2) is 0 Å². The normalized spacial score (nSPS) is 21.8. The van der Waals surface area contributed by atoms with E-state index in [1.165, 1.54) is 12.8 Å². The maximum absolute atomic E-state index is 5.41. The predicted molar refractivity (Wildman–Crippen MR) is 58.8 cm³/mol. The molecule has 2 rings (SSSR count). The SMILES string of the molecule is Cn1ccc(CCNC2CCCOC2)n1. The second-order valence-corrected chi connectivity index (χ2v) is 4.10. The first-order chi connectivity index (χ1) is 7.34. The van der Waals surface area contributed by atoms with Gasteiger partial charge in [0.1, 0.15) is 0 Å². The molecule has 0 aromatic carbocycles. The number of hydrogen-bond donors (Lipinski definition) is 1. The van der Waals surface area contributed by atoms with Gasteiger partial charge in [0.25, 0.3) is 0 Å². The molecule has 1 aromatic rings. The lowest BCUT2D eigenvalue weighted by atomic mass is 10.1. The second-order valence-electron chi connectivity index (χ2n) is 4.10. The molecule has 1 aliphatic rings. The van der Waals surface area contributed by atoms with Gasteiger partial charge in [-0.05, 0) is 18.9 Å². The van der Waals surface area contributed by atoms with Crippen molar-refractivity contribution in [3.63, 3.8) is 0 Å². The zero-order valence-corrected chi connectivity index (χ0v) is 9.28. The molecule has 0 saturated carbocycles. The van der Waals surface area contributed by atoms with Crippen molar-refractivity contribution < 1.29 is 4.74 Å². The third-order valence-corrected chi connectivity index (χ3v) is 2.74. The summed E-state index contributed by atoms with van der Waals surface area (Å²) in [5.74, 6) is 0. The molecule has 1 atom stereocenters. The predicted octanol–water partition coefficient (Wildman–Crippen LogP) is 0.731. The number of ether oxygens (including phenoxy) is 1. The topological polar surface area (TPSA) is 39.1 Å². The molecule has 0 amide bonds. The first-order valence-electron chi connectivity index (χ1n) is 5.64. The van der Waals surface area contributed by atoms with Gasteiger partial charge in [0, 0.05) is 38.9 Å². The van der Waals surface area contributed by atoms with Gasteiger partial charge in [0.05, 0.1) is 12.3 Å². The van der Waals surface area contributed by atoms with E-state index < -0.39 is 0 Å². The Labute approximate surface area is 90.6 Å². The standard InChI is InChI=1S/C11H19N3O/c1-14-7-5-10(13-14)4-6-12-11-3-2-8-15-9-11/h5,7,11-12H,2-4,6,8-9H2,1H3. The molecule has 0 spiro atoms. The van der Waals surface area contributed by atoms with E-state index in [9.17, 15) is 0 Å². The summed E-state index contributed by atoms with van der Waals surface area (Å²) in [7, 11) is 1.95. The van der Waals surface area contributed by atoms with Gasteiger partial charge < -0.3 is 10.1 Å². The van der Waals surface area contributed by atoms with Crippen LogP contribution in [0.3, 0.4) is 0 Å². The smallest absolute Gasteiger partial charge is 0.0637 e. The van der Waals surface area contributed by atoms with Crippen LogP contribution >= 0.6 is 0 Å². The Hall–Kier alpha value is -0.870. The van der Waals surface area contributed by atoms with Crippen molar-refractivity contribution in [3.05, 3.63) is 18.0 Å². The van der Waals surface area contributed by atoms with Crippen LogP contribution in [0.4, 0.5) is 0 Å². The Kier molecular flexibility index (Phi) is 3.75. The molecule has 1 saturated heterocycles. The van der Waals surface area contributed by atoms with Crippen LogP contribution < -0.4 is 5.32 Å². The molecule has 1 aromatic heterocycles. The highest BCUT2D eigenvalue weighted by atomic mass is 16.5. The molecule has 1 unspecified atom stereocenters. The van der Waals surface area contributed by atoms with E-state index in [1.807, 2.05) is 17.9 Å². The molecule has 84 valence electrons. The number of hydrogen-bond acceptors (Lipinski definition) is 3. The number of aryl methyl sites for hydroxylation is 1. The molecule has 2 heterocycles. The monoisotopic (exact) mass is 209 g/mol. The summed E-state index contributed by atoms with van der Waals surface area (Å²) in [6, 6.07) is 2.61. The second kappa shape index (κ2) is 5.28. The minimum atomic E-state index is 0.544. The maximum Gasteiger partial charge on any atom is 0.0637 e. The lowest BCUT2D eigenvalue weighted by molar-refractivity contribution is 0.0707. The van der Waals surface area contributed by atoms with Gasteiger partial charge in [-0.2, -0.15) is 5.10 Å². The Morgan fingerprint density at radius 2 is 2.60 bits per heavy atom. The van der Waals surface area contributed by atoms with Gasteiger partial charge in [0.15, 0.2) is 0 Å². The molecule has 4 nitrogen and oxygen atoms in total. The molecule has 1 aliphatic heterocycles. The summed E-state index contributed by atoms with van der Waals surface area (Å²) in [5, 5.41) is 7.84. The fraction of sp³-hybridized carbons (Fsp3) is 0.727. The summed E-state index contributed by atoms with van der Waals surface area (Å²) in [6.07, 6.45) is 5.40. The van der Waals surface area contributed by atoms with Crippen molar-refractivity contribution in [3.8, 4) is 0 Å². The first kappa shape index (κ1) is 10.6. The molecule has 1 N–H and O–H groups in total. The molecule has 15 heavy (non-hydrogen) atoms. The zero-order chi connectivity index (χ0) is 10.5. The van der Waals surface area contributed by atoms with Crippen molar-refractivity contribution in [2.24, 2.45) is 7.05 Å². The van der Waals surface area contributed by atoms with E-state index in [0.717, 1.165) is 31.9 Å². The minimum Gasteiger partial charge on any atom is -0.380 e. The first-order valence-corrected chi connectivity index (χ1v) is 5.64. The summed E-state index contributed by atoms with van der Waals surface area (Å²) in [6.45, 7) is 2.78. The van der Waals surface area contributed by atoms with Gasteiger partial charge in [-0.3, -0.25) is 4.68 Å². The van der Waals surface area contributed by atoms with Crippen molar-refractivity contribution in [1.29, 1.82) is 0 Å². The zero-order valence-electron chi connectivity index (χ0n) is 9.28. The van der Waals surface area contributed by atoms with Crippen LogP contribution in [-0.4, -0.2) is 35.6 Å². The maximum atomic E-state index is 5.41. The summed E-state index contributed by atoms with van der Waals surface area (Å²) < 4.78 is 7.25. The van der Waals surface area contributed by atoms with Crippen LogP contribution in [0.25, 0.3) is 0 Å². The molecular formula is C11H19N3O. The Bertz CT molecular complexity index is 292. The Balaban J connectivity index is 1.65. The molecule has 0 radical (unpaired) electrons. The molecule has 0 aliphatic carbocycles. The molecule has 1 fully saturated rings.